The van der Waals surface area contributed by atoms with Gasteiger partial charge in [-0.25, -0.2) is 4.39 Å². The number of hydrogen-bond donors (Lipinski definition) is 1. The van der Waals surface area contributed by atoms with Gasteiger partial charge in [0.2, 0.25) is 0 Å². The highest BCUT2D eigenvalue weighted by Crippen LogP contribution is 2.29. The normalized spacial score (nSPS) is 12.0. The molecule has 2 aromatic rings. The van der Waals surface area contributed by atoms with E-state index in [1.165, 1.54) is 12.1 Å². The van der Waals surface area contributed by atoms with E-state index in [4.69, 9.17) is 19.9 Å². The Labute approximate surface area is 142 Å². The van der Waals surface area contributed by atoms with Crippen LogP contribution in [0, 0.1) is 5.82 Å². The molecule has 0 saturated heterocycles. The number of nitrogens with two attached hydrogens (primary N) is 1. The van der Waals surface area contributed by atoms with Gasteiger partial charge in [0.05, 0.1) is 13.7 Å². The molecule has 5 heteroatoms. The summed E-state index contributed by atoms with van der Waals surface area (Å²) in [5.41, 5.74) is 8.16. The van der Waals surface area contributed by atoms with Gasteiger partial charge in [-0.1, -0.05) is 18.2 Å². The highest BCUT2D eigenvalue weighted by molar-refractivity contribution is 5.43. The van der Waals surface area contributed by atoms with Crippen LogP contribution < -0.4 is 15.2 Å². The maximum absolute atomic E-state index is 13.0. The fraction of sp³-hybridized carbons (Fsp3) is 0.368. The van der Waals surface area contributed by atoms with Gasteiger partial charge in [0.15, 0.2) is 11.5 Å². The van der Waals surface area contributed by atoms with Crippen LogP contribution in [-0.2, 0) is 11.2 Å². The quantitative estimate of drug-likeness (QED) is 0.714. The van der Waals surface area contributed by atoms with E-state index in [0.29, 0.717) is 31.1 Å². The van der Waals surface area contributed by atoms with Crippen LogP contribution in [-0.4, -0.2) is 27.4 Å². The van der Waals surface area contributed by atoms with Crippen LogP contribution in [0.15, 0.2) is 42.5 Å². The Hall–Kier alpha value is -2.11. The molecule has 0 heterocycles. The van der Waals surface area contributed by atoms with Crippen molar-refractivity contribution in [2.45, 2.75) is 18.9 Å². The monoisotopic (exact) mass is 333 g/mol. The summed E-state index contributed by atoms with van der Waals surface area (Å²) < 4.78 is 29.1. The van der Waals surface area contributed by atoms with E-state index in [0.717, 1.165) is 17.5 Å². The van der Waals surface area contributed by atoms with E-state index in [1.807, 2.05) is 18.2 Å². The van der Waals surface area contributed by atoms with Gasteiger partial charge in [0.25, 0.3) is 0 Å². The molecule has 4 nitrogen and oxygen atoms in total. The van der Waals surface area contributed by atoms with Gasteiger partial charge in [0, 0.05) is 26.2 Å². The van der Waals surface area contributed by atoms with Crippen molar-refractivity contribution >= 4 is 0 Å². The second-order valence-electron chi connectivity index (χ2n) is 5.54. The van der Waals surface area contributed by atoms with Gasteiger partial charge in [-0.05, 0) is 41.8 Å². The van der Waals surface area contributed by atoms with Crippen molar-refractivity contribution < 1.29 is 18.6 Å². The molecule has 1 atom stereocenters. The summed E-state index contributed by atoms with van der Waals surface area (Å²) in [5, 5.41) is 0. The zero-order valence-electron chi connectivity index (χ0n) is 14.1. The molecular formula is C19H24FNO3. The van der Waals surface area contributed by atoms with Crippen LogP contribution in [0.3, 0.4) is 0 Å². The minimum atomic E-state index is -0.262. The number of rotatable bonds is 9. The first-order chi connectivity index (χ1) is 11.6. The van der Waals surface area contributed by atoms with Crippen LogP contribution in [0.2, 0.25) is 0 Å². The molecule has 0 amide bonds. The molecule has 1 unspecified atom stereocenters. The zero-order valence-corrected chi connectivity index (χ0v) is 14.1. The molecule has 2 N–H and O–H groups in total. The average molecular weight is 333 g/mol. The van der Waals surface area contributed by atoms with Gasteiger partial charge in [0.1, 0.15) is 5.82 Å². The topological polar surface area (TPSA) is 53.7 Å². The maximum Gasteiger partial charge on any atom is 0.161 e. The summed E-state index contributed by atoms with van der Waals surface area (Å²) in [6.07, 6.45) is 1.43. The fourth-order valence-corrected chi connectivity index (χ4v) is 2.43. The Morgan fingerprint density at radius 1 is 1.00 bits per heavy atom. The van der Waals surface area contributed by atoms with Crippen molar-refractivity contribution in [1.29, 1.82) is 0 Å². The lowest BCUT2D eigenvalue weighted by Gasteiger charge is -2.15. The summed E-state index contributed by atoms with van der Waals surface area (Å²) in [6.45, 7) is 1.20. The lowest BCUT2D eigenvalue weighted by atomic mass is 9.99. The van der Waals surface area contributed by atoms with Crippen molar-refractivity contribution in [3.8, 4) is 11.5 Å². The van der Waals surface area contributed by atoms with Crippen LogP contribution in [0.1, 0.15) is 23.6 Å². The number of halogens is 1. The standard InChI is InChI=1S/C19H24FNO3/c1-22-10-3-11-24-19-13-14(4-9-18(19)23-2)12-17(21)15-5-7-16(20)8-6-15/h4-9,13,17H,3,10-12,21H2,1-2H3. The maximum atomic E-state index is 13.0. The Morgan fingerprint density at radius 2 is 1.75 bits per heavy atom. The molecule has 0 aliphatic carbocycles. The zero-order chi connectivity index (χ0) is 17.4. The van der Waals surface area contributed by atoms with E-state index in [2.05, 4.69) is 0 Å². The largest absolute Gasteiger partial charge is 0.493 e. The molecule has 130 valence electrons. The number of methoxy groups -OCH3 is 2. The van der Waals surface area contributed by atoms with E-state index < -0.39 is 0 Å². The summed E-state index contributed by atoms with van der Waals surface area (Å²) >= 11 is 0. The summed E-state index contributed by atoms with van der Waals surface area (Å²) in [7, 11) is 3.28. The molecular weight excluding hydrogens is 309 g/mol. The highest BCUT2D eigenvalue weighted by atomic mass is 19.1. The van der Waals surface area contributed by atoms with Gasteiger partial charge < -0.3 is 19.9 Å². The molecule has 0 radical (unpaired) electrons. The second-order valence-corrected chi connectivity index (χ2v) is 5.54. The van der Waals surface area contributed by atoms with E-state index in [-0.39, 0.29) is 11.9 Å². The molecule has 2 aromatic carbocycles. The average Bonchev–Trinajstić information content (AvgIpc) is 2.59. The minimum absolute atomic E-state index is 0.208. The third-order valence-corrected chi connectivity index (χ3v) is 3.73. The van der Waals surface area contributed by atoms with Gasteiger partial charge in [-0.2, -0.15) is 0 Å². The first-order valence-electron chi connectivity index (χ1n) is 7.93. The Balaban J connectivity index is 2.05. The summed E-state index contributed by atoms with van der Waals surface area (Å²) in [5.74, 6) is 1.12. The lowest BCUT2D eigenvalue weighted by molar-refractivity contribution is 0.170. The minimum Gasteiger partial charge on any atom is -0.493 e. The third kappa shape index (κ3) is 5.22. The second kappa shape index (κ2) is 9.25. The van der Waals surface area contributed by atoms with Crippen molar-refractivity contribution in [1.82, 2.24) is 0 Å². The predicted octanol–water partition coefficient (Wildman–Crippen LogP) is 3.49. The van der Waals surface area contributed by atoms with Crippen molar-refractivity contribution in [2.75, 3.05) is 27.4 Å². The van der Waals surface area contributed by atoms with Crippen molar-refractivity contribution in [2.24, 2.45) is 5.73 Å². The molecule has 0 aliphatic rings. The third-order valence-electron chi connectivity index (χ3n) is 3.73. The lowest BCUT2D eigenvalue weighted by Crippen LogP contribution is -2.13. The summed E-state index contributed by atoms with van der Waals surface area (Å²) in [4.78, 5) is 0. The first kappa shape index (κ1) is 18.2. The van der Waals surface area contributed by atoms with E-state index in [1.54, 1.807) is 26.4 Å². The van der Waals surface area contributed by atoms with Gasteiger partial charge >= 0.3 is 0 Å². The first-order valence-corrected chi connectivity index (χ1v) is 7.93. The Kier molecular flexibility index (Phi) is 7.03. The molecule has 0 aliphatic heterocycles. The summed E-state index contributed by atoms with van der Waals surface area (Å²) in [6, 6.07) is 11.8. The molecule has 24 heavy (non-hydrogen) atoms. The SMILES string of the molecule is COCCCOc1cc(CC(N)c2ccc(F)cc2)ccc1OC. The molecule has 0 saturated carbocycles. The van der Waals surface area contributed by atoms with Crippen LogP contribution in [0.5, 0.6) is 11.5 Å². The molecule has 0 spiro atoms. The number of ether oxygens (including phenoxy) is 3. The predicted molar refractivity (Wildman–Crippen MR) is 92.0 cm³/mol. The Bertz CT molecular complexity index is 631. The van der Waals surface area contributed by atoms with Gasteiger partial charge in [-0.15, -0.1) is 0 Å². The van der Waals surface area contributed by atoms with Crippen LogP contribution in [0.25, 0.3) is 0 Å². The van der Waals surface area contributed by atoms with Crippen LogP contribution >= 0.6 is 0 Å². The molecule has 0 bridgehead atoms. The van der Waals surface area contributed by atoms with Gasteiger partial charge in [-0.3, -0.25) is 0 Å². The van der Waals surface area contributed by atoms with Crippen molar-refractivity contribution in [3.63, 3.8) is 0 Å². The molecule has 2 rings (SSSR count). The van der Waals surface area contributed by atoms with E-state index in [9.17, 15) is 4.39 Å². The van der Waals surface area contributed by atoms with Crippen LogP contribution in [0.4, 0.5) is 4.39 Å². The Morgan fingerprint density at radius 3 is 2.42 bits per heavy atom. The molecule has 0 fully saturated rings. The smallest absolute Gasteiger partial charge is 0.161 e. The van der Waals surface area contributed by atoms with Crippen molar-refractivity contribution in [3.05, 3.63) is 59.4 Å². The van der Waals surface area contributed by atoms with E-state index >= 15 is 0 Å². The number of hydrogen-bond acceptors (Lipinski definition) is 4. The molecule has 0 aromatic heterocycles. The number of benzene rings is 2. The fourth-order valence-electron chi connectivity index (χ4n) is 2.43. The highest BCUT2D eigenvalue weighted by Gasteiger charge is 2.11.